The van der Waals surface area contributed by atoms with Crippen molar-refractivity contribution in [2.24, 2.45) is 0 Å². The maximum Gasteiger partial charge on any atom is 0.292 e. The summed E-state index contributed by atoms with van der Waals surface area (Å²) in [6.07, 6.45) is 2.09. The van der Waals surface area contributed by atoms with Crippen LogP contribution in [0, 0.1) is 0 Å². The van der Waals surface area contributed by atoms with Gasteiger partial charge in [-0.1, -0.05) is 5.16 Å². The maximum absolute atomic E-state index is 12.9. The third kappa shape index (κ3) is 3.11. The van der Waals surface area contributed by atoms with Gasteiger partial charge in [-0.25, -0.2) is 8.42 Å². The van der Waals surface area contributed by atoms with Gasteiger partial charge in [0.25, 0.3) is 5.91 Å². The third-order valence-electron chi connectivity index (χ3n) is 5.26. The quantitative estimate of drug-likeness (QED) is 0.699. The predicted molar refractivity (Wildman–Crippen MR) is 89.3 cm³/mol. The summed E-state index contributed by atoms with van der Waals surface area (Å²) in [5.41, 5.74) is 0.776. The van der Waals surface area contributed by atoms with Gasteiger partial charge in [0.2, 0.25) is 11.7 Å². The van der Waals surface area contributed by atoms with Crippen LogP contribution in [-0.2, 0) is 19.4 Å². The zero-order chi connectivity index (χ0) is 18.5. The molecule has 0 spiro atoms. The highest BCUT2D eigenvalue weighted by molar-refractivity contribution is 7.91. The highest BCUT2D eigenvalue weighted by atomic mass is 32.2. The van der Waals surface area contributed by atoms with Crippen molar-refractivity contribution in [1.29, 1.82) is 0 Å². The van der Waals surface area contributed by atoms with E-state index in [1.165, 1.54) is 16.9 Å². The third-order valence-corrected chi connectivity index (χ3v) is 6.96. The highest BCUT2D eigenvalue weighted by Gasteiger charge is 2.50. The fourth-order valence-corrected chi connectivity index (χ4v) is 5.80. The Morgan fingerprint density at radius 1 is 1.23 bits per heavy atom. The number of fused-ring (bicyclic) bond motifs is 1. The molecule has 2 atom stereocenters. The van der Waals surface area contributed by atoms with Crippen molar-refractivity contribution >= 4 is 21.7 Å². The SMILES string of the molecule is COCC(=O)N1CCN(C(=O)c2cc(C3CC3)no2)[C@@H]2CS(=O)(=O)C[C@@H]21. The van der Waals surface area contributed by atoms with E-state index in [1.807, 2.05) is 0 Å². The summed E-state index contributed by atoms with van der Waals surface area (Å²) in [7, 11) is -1.91. The van der Waals surface area contributed by atoms with Crippen LogP contribution >= 0.6 is 0 Å². The van der Waals surface area contributed by atoms with Crippen molar-refractivity contribution in [2.45, 2.75) is 30.8 Å². The van der Waals surface area contributed by atoms with E-state index in [0.717, 1.165) is 18.5 Å². The lowest BCUT2D eigenvalue weighted by Crippen LogP contribution is -2.62. The van der Waals surface area contributed by atoms with Crippen LogP contribution in [0.4, 0.5) is 0 Å². The zero-order valence-electron chi connectivity index (χ0n) is 14.5. The number of hydrogen-bond acceptors (Lipinski definition) is 7. The standard InChI is InChI=1S/C16H21N3O6S/c1-24-7-15(20)18-4-5-19(13-9-26(22,23)8-12(13)18)16(21)14-6-11(17-25-14)10-2-3-10/h6,10,12-13H,2-5,7-9H2,1H3/t12-,13+/m0/s1. The molecule has 9 nitrogen and oxygen atoms in total. The predicted octanol–water partition coefficient (Wildman–Crippen LogP) is -0.352. The van der Waals surface area contributed by atoms with Gasteiger partial charge in [0.15, 0.2) is 9.84 Å². The maximum atomic E-state index is 12.9. The van der Waals surface area contributed by atoms with Gasteiger partial charge < -0.3 is 19.1 Å². The number of aromatic nitrogens is 1. The number of amides is 2. The number of carbonyl (C=O) groups is 2. The largest absolute Gasteiger partial charge is 0.375 e. The molecule has 0 N–H and O–H groups in total. The Hall–Kier alpha value is -1.94. The van der Waals surface area contributed by atoms with E-state index in [1.54, 1.807) is 6.07 Å². The van der Waals surface area contributed by atoms with Gasteiger partial charge in [-0.05, 0) is 12.8 Å². The molecule has 2 amide bonds. The molecule has 1 aliphatic carbocycles. The van der Waals surface area contributed by atoms with Crippen LogP contribution in [0.1, 0.15) is 35.0 Å². The number of ether oxygens (including phenoxy) is 1. The number of sulfone groups is 1. The molecule has 26 heavy (non-hydrogen) atoms. The summed E-state index contributed by atoms with van der Waals surface area (Å²) >= 11 is 0. The molecule has 1 aromatic rings. The Labute approximate surface area is 151 Å². The summed E-state index contributed by atoms with van der Waals surface area (Å²) in [6.45, 7) is 0.419. The van der Waals surface area contributed by atoms with Crippen LogP contribution < -0.4 is 0 Å². The molecule has 10 heteroatoms. The summed E-state index contributed by atoms with van der Waals surface area (Å²) in [4.78, 5) is 28.2. The Balaban J connectivity index is 1.57. The van der Waals surface area contributed by atoms with Crippen molar-refractivity contribution in [2.75, 3.05) is 38.3 Å². The molecular formula is C16H21N3O6S. The molecule has 3 aliphatic rings. The van der Waals surface area contributed by atoms with E-state index in [9.17, 15) is 18.0 Å². The van der Waals surface area contributed by atoms with Crippen molar-refractivity contribution < 1.29 is 27.3 Å². The van der Waals surface area contributed by atoms with E-state index < -0.39 is 21.9 Å². The Morgan fingerprint density at radius 2 is 1.88 bits per heavy atom. The van der Waals surface area contributed by atoms with Crippen LogP contribution in [-0.4, -0.2) is 85.6 Å². The van der Waals surface area contributed by atoms with Crippen molar-refractivity contribution in [1.82, 2.24) is 15.0 Å². The first-order chi connectivity index (χ1) is 12.4. The average Bonchev–Trinajstić information content (AvgIpc) is 3.22. The van der Waals surface area contributed by atoms with E-state index >= 15 is 0 Å². The molecule has 0 bridgehead atoms. The topological polar surface area (TPSA) is 110 Å². The van der Waals surface area contributed by atoms with Crippen LogP contribution in [0.3, 0.4) is 0 Å². The van der Waals surface area contributed by atoms with Gasteiger partial charge in [0.05, 0.1) is 29.3 Å². The second-order valence-electron chi connectivity index (χ2n) is 7.12. The van der Waals surface area contributed by atoms with Gasteiger partial charge >= 0.3 is 0 Å². The molecule has 3 fully saturated rings. The van der Waals surface area contributed by atoms with Crippen LogP contribution in [0.5, 0.6) is 0 Å². The fraction of sp³-hybridized carbons (Fsp3) is 0.688. The summed E-state index contributed by atoms with van der Waals surface area (Å²) < 4.78 is 34.5. The average molecular weight is 383 g/mol. The molecule has 1 saturated carbocycles. The number of hydrogen-bond donors (Lipinski definition) is 0. The number of nitrogens with zero attached hydrogens (tertiary/aromatic N) is 3. The van der Waals surface area contributed by atoms with Gasteiger partial charge in [-0.2, -0.15) is 0 Å². The van der Waals surface area contributed by atoms with Crippen LogP contribution in [0.25, 0.3) is 0 Å². The molecule has 2 saturated heterocycles. The zero-order valence-corrected chi connectivity index (χ0v) is 15.3. The lowest BCUT2D eigenvalue weighted by atomic mass is 10.0. The van der Waals surface area contributed by atoms with Gasteiger partial charge in [0, 0.05) is 32.2 Å². The minimum absolute atomic E-state index is 0.107. The summed E-state index contributed by atoms with van der Waals surface area (Å²) in [5, 5.41) is 3.95. The van der Waals surface area contributed by atoms with Gasteiger partial charge in [-0.3, -0.25) is 9.59 Å². The monoisotopic (exact) mass is 383 g/mol. The number of piperazine rings is 1. The smallest absolute Gasteiger partial charge is 0.292 e. The molecule has 0 unspecified atom stereocenters. The highest BCUT2D eigenvalue weighted by Crippen LogP contribution is 2.39. The van der Waals surface area contributed by atoms with E-state index in [0.29, 0.717) is 5.92 Å². The van der Waals surface area contributed by atoms with E-state index in [4.69, 9.17) is 9.26 Å². The van der Waals surface area contributed by atoms with E-state index in [-0.39, 0.29) is 48.8 Å². The summed E-state index contributed by atoms with van der Waals surface area (Å²) in [6, 6.07) is 0.531. The number of methoxy groups -OCH3 is 1. The molecule has 4 rings (SSSR count). The molecule has 2 aliphatic heterocycles. The first kappa shape index (κ1) is 17.5. The second kappa shape index (κ2) is 6.34. The van der Waals surface area contributed by atoms with Crippen LogP contribution in [0.15, 0.2) is 10.6 Å². The molecule has 0 aromatic carbocycles. The van der Waals surface area contributed by atoms with Gasteiger partial charge in [-0.15, -0.1) is 0 Å². The van der Waals surface area contributed by atoms with Crippen molar-refractivity contribution in [3.63, 3.8) is 0 Å². The Kier molecular flexibility index (Phi) is 4.26. The molecule has 1 aromatic heterocycles. The number of carbonyl (C=O) groups excluding carboxylic acids is 2. The minimum atomic E-state index is -3.33. The first-order valence-corrected chi connectivity index (χ1v) is 10.5. The number of rotatable bonds is 4. The van der Waals surface area contributed by atoms with Crippen molar-refractivity contribution in [3.8, 4) is 0 Å². The fourth-order valence-electron chi connectivity index (χ4n) is 3.82. The van der Waals surface area contributed by atoms with Gasteiger partial charge in [0.1, 0.15) is 6.61 Å². The lowest BCUT2D eigenvalue weighted by molar-refractivity contribution is -0.140. The van der Waals surface area contributed by atoms with Crippen LogP contribution in [0.2, 0.25) is 0 Å². The molecule has 142 valence electrons. The lowest BCUT2D eigenvalue weighted by Gasteiger charge is -2.43. The second-order valence-corrected chi connectivity index (χ2v) is 9.27. The molecule has 3 heterocycles. The van der Waals surface area contributed by atoms with E-state index in [2.05, 4.69) is 5.16 Å². The Bertz CT molecular complexity index is 831. The Morgan fingerprint density at radius 3 is 2.54 bits per heavy atom. The van der Waals surface area contributed by atoms with Crippen molar-refractivity contribution in [3.05, 3.63) is 17.5 Å². The normalized spacial score (nSPS) is 27.4. The molecular weight excluding hydrogens is 362 g/mol. The first-order valence-electron chi connectivity index (χ1n) is 8.66. The molecule has 0 radical (unpaired) electrons. The minimum Gasteiger partial charge on any atom is -0.375 e. The summed E-state index contributed by atoms with van der Waals surface area (Å²) in [5.74, 6) is -0.419.